The number of hydrogen-bond acceptors (Lipinski definition) is 0. The molecule has 0 nitrogen and oxygen atoms in total. The van der Waals surface area contributed by atoms with Crippen LogP contribution in [0.1, 0.15) is 43.9 Å². The Morgan fingerprint density at radius 2 is 1.52 bits per heavy atom. The third-order valence-corrected chi connectivity index (χ3v) is 2.97. The quantitative estimate of drug-likeness (QED) is 0.387. The molecular weight excluding hydrogens is 367 g/mol. The maximum absolute atomic E-state index is 3.31. The molecule has 0 N–H and O–H groups in total. The van der Waals surface area contributed by atoms with Crippen LogP contribution in [0.4, 0.5) is 0 Å². The summed E-state index contributed by atoms with van der Waals surface area (Å²) in [4.78, 5) is 0. The van der Waals surface area contributed by atoms with E-state index in [0.29, 0.717) is 0 Å². The Balaban J connectivity index is -0.0000000582. The van der Waals surface area contributed by atoms with Gasteiger partial charge in [-0.15, -0.1) is 12.0 Å². The van der Waals surface area contributed by atoms with Crippen molar-refractivity contribution in [3.8, 4) is 0 Å². The molecule has 0 amide bonds. The molecule has 1 aromatic rings. The topological polar surface area (TPSA) is 0 Å². The molecule has 1 aliphatic rings. The van der Waals surface area contributed by atoms with Crippen LogP contribution < -0.4 is 0 Å². The number of allylic oxidation sites excluding steroid dienone is 4. The molecule has 0 aliphatic heterocycles. The van der Waals surface area contributed by atoms with E-state index in [2.05, 4.69) is 51.1 Å². The molecule has 23 heavy (non-hydrogen) atoms. The van der Waals surface area contributed by atoms with E-state index < -0.39 is 0 Å². The van der Waals surface area contributed by atoms with Gasteiger partial charge in [0, 0.05) is 19.5 Å². The van der Waals surface area contributed by atoms with E-state index in [1.54, 1.807) is 0 Å². The molecule has 0 unspecified atom stereocenters. The van der Waals surface area contributed by atoms with E-state index in [1.165, 1.54) is 16.7 Å². The van der Waals surface area contributed by atoms with Crippen LogP contribution in [0.15, 0.2) is 30.4 Å². The number of aryl methyl sites for hydroxylation is 2. The SMILES string of the molecule is CCc1[c-]ccc(CC)c1CC.[C-]1=CC=CC1.[CH3-].[CH3-].[CH3-].[CH3-].[CH3-].[Rh]. The summed E-state index contributed by atoms with van der Waals surface area (Å²) in [5.41, 5.74) is 4.41. The molecular formula is C22H37Rh-7. The fraction of sp³-hybridized carbons (Fsp3) is 0.318. The zero-order valence-electron chi connectivity index (χ0n) is 16.5. The number of benzene rings is 1. The van der Waals surface area contributed by atoms with Gasteiger partial charge in [-0.05, 0) is 0 Å². The number of hydrogen-bond donors (Lipinski definition) is 0. The molecule has 0 bridgehead atoms. The van der Waals surface area contributed by atoms with Crippen LogP contribution in [0, 0.1) is 49.3 Å². The number of rotatable bonds is 3. The molecule has 0 saturated heterocycles. The molecule has 0 saturated carbocycles. The fourth-order valence-corrected chi connectivity index (χ4v) is 2.05. The van der Waals surface area contributed by atoms with Crippen LogP contribution in [-0.2, 0) is 38.7 Å². The van der Waals surface area contributed by atoms with Gasteiger partial charge in [-0.3, -0.25) is 6.08 Å². The summed E-state index contributed by atoms with van der Waals surface area (Å²) in [6.45, 7) is 6.64. The van der Waals surface area contributed by atoms with Crippen molar-refractivity contribution < 1.29 is 19.5 Å². The monoisotopic (exact) mass is 404 g/mol. The second-order valence-electron chi connectivity index (χ2n) is 4.02. The first-order valence-corrected chi connectivity index (χ1v) is 6.56. The van der Waals surface area contributed by atoms with E-state index in [-0.39, 0.29) is 56.6 Å². The Morgan fingerprint density at radius 3 is 1.83 bits per heavy atom. The molecule has 0 spiro atoms. The van der Waals surface area contributed by atoms with E-state index in [9.17, 15) is 0 Å². The van der Waals surface area contributed by atoms with Gasteiger partial charge in [0.2, 0.25) is 0 Å². The maximum Gasteiger partial charge on any atom is 0 e. The molecule has 0 heterocycles. The van der Waals surface area contributed by atoms with Gasteiger partial charge in [0.15, 0.2) is 0 Å². The largest absolute Gasteiger partial charge is 0.358 e. The van der Waals surface area contributed by atoms with Crippen LogP contribution in [-0.4, -0.2) is 0 Å². The van der Waals surface area contributed by atoms with Gasteiger partial charge >= 0.3 is 0 Å². The van der Waals surface area contributed by atoms with Crippen molar-refractivity contribution >= 4 is 0 Å². The van der Waals surface area contributed by atoms with Gasteiger partial charge in [-0.1, -0.05) is 40.0 Å². The summed E-state index contributed by atoms with van der Waals surface area (Å²) < 4.78 is 0. The minimum Gasteiger partial charge on any atom is -0.358 e. The van der Waals surface area contributed by atoms with Gasteiger partial charge in [0.05, 0.1) is 0 Å². The van der Waals surface area contributed by atoms with Crippen LogP contribution in [0.2, 0.25) is 0 Å². The van der Waals surface area contributed by atoms with E-state index >= 15 is 0 Å². The zero-order valence-corrected chi connectivity index (χ0v) is 18.2. The second kappa shape index (κ2) is 23.6. The second-order valence-corrected chi connectivity index (χ2v) is 4.02. The summed E-state index contributed by atoms with van der Waals surface area (Å²) in [6.07, 6.45) is 13.4. The Kier molecular flexibility index (Phi) is 39.1. The van der Waals surface area contributed by atoms with Gasteiger partial charge in [0.1, 0.15) is 0 Å². The minimum atomic E-state index is 0. The summed E-state index contributed by atoms with van der Waals surface area (Å²) in [5, 5.41) is 0. The van der Waals surface area contributed by atoms with Crippen LogP contribution >= 0.6 is 0 Å². The van der Waals surface area contributed by atoms with E-state index in [4.69, 9.17) is 0 Å². The standard InChI is InChI=1S/C12H17.C5H5.5CH3.Rh/c1-4-10-8-7-9-11(5-2)12(10)6-3;1-2-4-5-3-1;;;;;;/h7-8H,4-6H2,1-3H3;1-3H,4H2;5*1H3;/q7*-1;. The molecule has 0 atom stereocenters. The molecule has 2 rings (SSSR count). The van der Waals surface area contributed by atoms with Crippen molar-refractivity contribution in [1.82, 2.24) is 0 Å². The Bertz CT molecular complexity index is 357. The van der Waals surface area contributed by atoms with Crippen molar-refractivity contribution in [2.24, 2.45) is 0 Å². The third kappa shape index (κ3) is 13.5. The van der Waals surface area contributed by atoms with Gasteiger partial charge in [-0.25, -0.2) is 12.2 Å². The fourth-order valence-electron chi connectivity index (χ4n) is 2.05. The van der Waals surface area contributed by atoms with Crippen molar-refractivity contribution in [1.29, 1.82) is 0 Å². The van der Waals surface area contributed by atoms with Crippen molar-refractivity contribution in [3.05, 3.63) is 96.3 Å². The maximum atomic E-state index is 3.31. The average molecular weight is 404 g/mol. The molecule has 1 aromatic carbocycles. The Labute approximate surface area is 162 Å². The normalized spacial score (nSPS) is 9.17. The first kappa shape index (κ1) is 38.1. The van der Waals surface area contributed by atoms with Crippen LogP contribution in [0.25, 0.3) is 0 Å². The van der Waals surface area contributed by atoms with Crippen molar-refractivity contribution in [3.63, 3.8) is 0 Å². The minimum absolute atomic E-state index is 0. The van der Waals surface area contributed by atoms with E-state index in [1.807, 2.05) is 12.2 Å². The molecule has 1 radical (unpaired) electrons. The van der Waals surface area contributed by atoms with E-state index in [0.717, 1.165) is 25.7 Å². The Morgan fingerprint density at radius 1 is 0.913 bits per heavy atom. The van der Waals surface area contributed by atoms with Gasteiger partial charge in [0.25, 0.3) is 0 Å². The van der Waals surface area contributed by atoms with Crippen LogP contribution in [0.5, 0.6) is 0 Å². The average Bonchev–Trinajstić information content (AvgIpc) is 2.96. The molecule has 141 valence electrons. The van der Waals surface area contributed by atoms with Gasteiger partial charge < -0.3 is 37.1 Å². The summed E-state index contributed by atoms with van der Waals surface area (Å²) >= 11 is 0. The molecule has 1 heteroatoms. The Hall–Kier alpha value is -0.677. The smallest absolute Gasteiger partial charge is 0 e. The van der Waals surface area contributed by atoms with Crippen molar-refractivity contribution in [2.75, 3.05) is 0 Å². The zero-order chi connectivity index (χ0) is 12.5. The summed E-state index contributed by atoms with van der Waals surface area (Å²) in [7, 11) is 0. The molecule has 0 fully saturated rings. The van der Waals surface area contributed by atoms with Crippen LogP contribution in [0.3, 0.4) is 0 Å². The summed E-state index contributed by atoms with van der Waals surface area (Å²) in [5.74, 6) is 0. The predicted molar refractivity (Wildman–Crippen MR) is 107 cm³/mol. The summed E-state index contributed by atoms with van der Waals surface area (Å²) in [6, 6.07) is 7.56. The third-order valence-electron chi connectivity index (χ3n) is 2.97. The van der Waals surface area contributed by atoms with Crippen molar-refractivity contribution in [2.45, 2.75) is 46.5 Å². The van der Waals surface area contributed by atoms with Gasteiger partial charge in [-0.2, -0.15) is 35.4 Å². The predicted octanol–water partition coefficient (Wildman–Crippen LogP) is 6.73. The molecule has 1 aliphatic carbocycles. The molecule has 0 aromatic heterocycles. The first-order chi connectivity index (χ1) is 8.33. The first-order valence-electron chi connectivity index (χ1n) is 6.56.